The highest BCUT2D eigenvalue weighted by Gasteiger charge is 2.13. The molecule has 0 fully saturated rings. The van der Waals surface area contributed by atoms with Crippen molar-refractivity contribution in [2.24, 2.45) is 0 Å². The number of rotatable bonds is 7. The maximum atomic E-state index is 11.8. The fourth-order valence-electron chi connectivity index (χ4n) is 1.94. The number of halogens is 2. The van der Waals surface area contributed by atoms with Crippen molar-refractivity contribution in [3.8, 4) is 5.75 Å². The summed E-state index contributed by atoms with van der Waals surface area (Å²) >= 11 is 11.7. The molecule has 1 N–H and O–H groups in total. The first-order chi connectivity index (χ1) is 11.5. The Kier molecular flexibility index (Phi) is 6.40. The first kappa shape index (κ1) is 18.0. The van der Waals surface area contributed by atoms with Crippen LogP contribution in [0.25, 0.3) is 0 Å². The van der Waals surface area contributed by atoms with Crippen molar-refractivity contribution in [1.82, 2.24) is 0 Å². The zero-order chi connectivity index (χ0) is 17.5. The van der Waals surface area contributed by atoms with E-state index >= 15 is 0 Å². The molecule has 2 aromatic carbocycles. The van der Waals surface area contributed by atoms with E-state index in [1.165, 1.54) is 12.1 Å². The van der Waals surface area contributed by atoms with Crippen LogP contribution in [0.15, 0.2) is 42.5 Å². The molecule has 24 heavy (non-hydrogen) atoms. The fourth-order valence-corrected chi connectivity index (χ4v) is 2.24. The molecule has 0 aromatic heterocycles. The first-order valence-corrected chi connectivity index (χ1v) is 7.84. The Morgan fingerprint density at radius 1 is 1.17 bits per heavy atom. The number of nitrogens with one attached hydrogen (secondary N) is 1. The monoisotopic (exact) mass is 368 g/mol. The van der Waals surface area contributed by atoms with Gasteiger partial charge in [0.15, 0.2) is 5.75 Å². The van der Waals surface area contributed by atoms with Crippen molar-refractivity contribution >= 4 is 40.5 Å². The standard InChI is InChI=1S/C16H14Cl2N2O4/c17-12-8-7-11(10-13(12)18)19-16(21)6-3-9-24-15-5-2-1-4-14(15)20(22)23/h1-2,4-5,7-8,10H,3,6,9H2,(H,19,21). The second-order valence-electron chi connectivity index (χ2n) is 4.85. The van der Waals surface area contributed by atoms with Crippen molar-refractivity contribution in [1.29, 1.82) is 0 Å². The largest absolute Gasteiger partial charge is 0.487 e. The summed E-state index contributed by atoms with van der Waals surface area (Å²) in [6.07, 6.45) is 0.625. The van der Waals surface area contributed by atoms with E-state index in [1.54, 1.807) is 30.3 Å². The molecular weight excluding hydrogens is 355 g/mol. The highest BCUT2D eigenvalue weighted by atomic mass is 35.5. The predicted octanol–water partition coefficient (Wildman–Crippen LogP) is 4.70. The third-order valence-electron chi connectivity index (χ3n) is 3.07. The number of anilines is 1. The van der Waals surface area contributed by atoms with E-state index in [0.717, 1.165) is 0 Å². The maximum Gasteiger partial charge on any atom is 0.310 e. The number of hydrogen-bond donors (Lipinski definition) is 1. The van der Waals surface area contributed by atoms with Crippen molar-refractivity contribution in [3.63, 3.8) is 0 Å². The Morgan fingerprint density at radius 3 is 2.62 bits per heavy atom. The fraction of sp³-hybridized carbons (Fsp3) is 0.188. The summed E-state index contributed by atoms with van der Waals surface area (Å²) in [6.45, 7) is 0.194. The van der Waals surface area contributed by atoms with Crippen LogP contribution in [-0.2, 0) is 4.79 Å². The van der Waals surface area contributed by atoms with E-state index in [-0.39, 0.29) is 30.4 Å². The molecule has 6 nitrogen and oxygen atoms in total. The molecule has 0 saturated carbocycles. The van der Waals surface area contributed by atoms with Crippen LogP contribution in [0, 0.1) is 10.1 Å². The minimum absolute atomic E-state index is 0.0993. The molecule has 0 radical (unpaired) electrons. The molecule has 8 heteroatoms. The number of para-hydroxylation sites is 2. The molecule has 0 aliphatic rings. The van der Waals surface area contributed by atoms with Gasteiger partial charge < -0.3 is 10.1 Å². The quantitative estimate of drug-likeness (QED) is 0.436. The molecular formula is C16H14Cl2N2O4. The molecule has 0 atom stereocenters. The lowest BCUT2D eigenvalue weighted by Crippen LogP contribution is -2.13. The van der Waals surface area contributed by atoms with Crippen LogP contribution >= 0.6 is 23.2 Å². The molecule has 0 bridgehead atoms. The number of amides is 1. The lowest BCUT2D eigenvalue weighted by Gasteiger charge is -2.08. The third kappa shape index (κ3) is 5.11. The zero-order valence-corrected chi connectivity index (χ0v) is 14.0. The Bertz CT molecular complexity index is 753. The van der Waals surface area contributed by atoms with Crippen molar-refractivity contribution in [2.75, 3.05) is 11.9 Å². The molecule has 2 rings (SSSR count). The van der Waals surface area contributed by atoms with Crippen molar-refractivity contribution in [2.45, 2.75) is 12.8 Å². The molecule has 0 spiro atoms. The number of ether oxygens (including phenoxy) is 1. The van der Waals surface area contributed by atoms with Gasteiger partial charge in [0.2, 0.25) is 5.91 Å². The van der Waals surface area contributed by atoms with E-state index in [1.807, 2.05) is 0 Å². The molecule has 1 amide bonds. The van der Waals surface area contributed by atoms with Gasteiger partial charge >= 0.3 is 5.69 Å². The number of nitro groups is 1. The number of benzene rings is 2. The van der Waals surface area contributed by atoms with Gasteiger partial charge in [0, 0.05) is 18.2 Å². The van der Waals surface area contributed by atoms with Crippen LogP contribution in [-0.4, -0.2) is 17.4 Å². The predicted molar refractivity (Wildman–Crippen MR) is 92.9 cm³/mol. The summed E-state index contributed by atoms with van der Waals surface area (Å²) in [6, 6.07) is 10.9. The molecule has 0 unspecified atom stereocenters. The van der Waals surface area contributed by atoms with Gasteiger partial charge in [0.1, 0.15) is 0 Å². The van der Waals surface area contributed by atoms with E-state index in [2.05, 4.69) is 5.32 Å². The maximum absolute atomic E-state index is 11.8. The van der Waals surface area contributed by atoms with Crippen LogP contribution in [0.4, 0.5) is 11.4 Å². The lowest BCUT2D eigenvalue weighted by molar-refractivity contribution is -0.385. The summed E-state index contributed by atoms with van der Waals surface area (Å²) in [5.41, 5.74) is 0.451. The average molecular weight is 369 g/mol. The molecule has 0 aliphatic carbocycles. The summed E-state index contributed by atoms with van der Waals surface area (Å²) in [7, 11) is 0. The van der Waals surface area contributed by atoms with Crippen LogP contribution in [0.2, 0.25) is 10.0 Å². The summed E-state index contributed by atoms with van der Waals surface area (Å²) in [4.78, 5) is 22.2. The second-order valence-corrected chi connectivity index (χ2v) is 5.67. The van der Waals surface area contributed by atoms with Crippen LogP contribution < -0.4 is 10.1 Å². The van der Waals surface area contributed by atoms with Gasteiger partial charge in [-0.3, -0.25) is 14.9 Å². The molecule has 0 saturated heterocycles. The summed E-state index contributed by atoms with van der Waals surface area (Å²) in [5, 5.41) is 14.3. The number of hydrogen-bond acceptors (Lipinski definition) is 4. The minimum Gasteiger partial charge on any atom is -0.487 e. The molecule has 0 aliphatic heterocycles. The van der Waals surface area contributed by atoms with E-state index in [0.29, 0.717) is 22.2 Å². The molecule has 2 aromatic rings. The van der Waals surface area contributed by atoms with E-state index < -0.39 is 4.92 Å². The van der Waals surface area contributed by atoms with Gasteiger partial charge in [0.05, 0.1) is 21.6 Å². The van der Waals surface area contributed by atoms with Gasteiger partial charge in [0.25, 0.3) is 0 Å². The number of nitro benzene ring substituents is 1. The smallest absolute Gasteiger partial charge is 0.310 e. The second kappa shape index (κ2) is 8.52. The highest BCUT2D eigenvalue weighted by Crippen LogP contribution is 2.26. The Labute approximate surface area is 148 Å². The van der Waals surface area contributed by atoms with Gasteiger partial charge in [-0.2, -0.15) is 0 Å². The third-order valence-corrected chi connectivity index (χ3v) is 3.81. The van der Waals surface area contributed by atoms with Crippen LogP contribution in [0.3, 0.4) is 0 Å². The van der Waals surface area contributed by atoms with Crippen LogP contribution in [0.5, 0.6) is 5.75 Å². The summed E-state index contributed by atoms with van der Waals surface area (Å²) < 4.78 is 5.37. The van der Waals surface area contributed by atoms with Crippen molar-refractivity contribution in [3.05, 3.63) is 62.6 Å². The first-order valence-electron chi connectivity index (χ1n) is 7.08. The number of nitrogens with zero attached hydrogens (tertiary/aromatic N) is 1. The van der Waals surface area contributed by atoms with Gasteiger partial charge in [-0.25, -0.2) is 0 Å². The van der Waals surface area contributed by atoms with Crippen LogP contribution in [0.1, 0.15) is 12.8 Å². The molecule has 0 heterocycles. The lowest BCUT2D eigenvalue weighted by atomic mass is 10.2. The topological polar surface area (TPSA) is 81.5 Å². The SMILES string of the molecule is O=C(CCCOc1ccccc1[N+](=O)[O-])Nc1ccc(Cl)c(Cl)c1. The number of carbonyl (C=O) groups is 1. The number of carbonyl (C=O) groups excluding carboxylic acids is 1. The average Bonchev–Trinajstić information content (AvgIpc) is 2.55. The van der Waals surface area contributed by atoms with Crippen molar-refractivity contribution < 1.29 is 14.5 Å². The molecule has 126 valence electrons. The highest BCUT2D eigenvalue weighted by molar-refractivity contribution is 6.42. The zero-order valence-electron chi connectivity index (χ0n) is 12.5. The van der Waals surface area contributed by atoms with Gasteiger partial charge in [-0.05, 0) is 30.7 Å². The van der Waals surface area contributed by atoms with Gasteiger partial charge in [-0.1, -0.05) is 35.3 Å². The Hall–Kier alpha value is -2.31. The normalized spacial score (nSPS) is 10.2. The van der Waals surface area contributed by atoms with E-state index in [4.69, 9.17) is 27.9 Å². The van der Waals surface area contributed by atoms with E-state index in [9.17, 15) is 14.9 Å². The Morgan fingerprint density at radius 2 is 1.92 bits per heavy atom. The van der Waals surface area contributed by atoms with Gasteiger partial charge in [-0.15, -0.1) is 0 Å². The minimum atomic E-state index is -0.508. The summed E-state index contributed by atoms with van der Waals surface area (Å²) in [5.74, 6) is -0.0214. The Balaban J connectivity index is 1.79.